The summed E-state index contributed by atoms with van der Waals surface area (Å²) in [4.78, 5) is 14.0. The first-order valence-electron chi connectivity index (χ1n) is 10.4. The number of carbonyl (C=O) groups is 1. The van der Waals surface area contributed by atoms with E-state index in [1.54, 1.807) is 6.92 Å². The van der Waals surface area contributed by atoms with Crippen molar-refractivity contribution >= 4 is 39.0 Å². The zero-order chi connectivity index (χ0) is 23.6. The van der Waals surface area contributed by atoms with Gasteiger partial charge in [-0.3, -0.25) is 0 Å². The Labute approximate surface area is 194 Å². The quantitative estimate of drug-likeness (QED) is 0.515. The van der Waals surface area contributed by atoms with Crippen molar-refractivity contribution in [2.24, 2.45) is 0 Å². The van der Waals surface area contributed by atoms with Gasteiger partial charge in [0.1, 0.15) is 22.0 Å². The molecule has 0 spiro atoms. The standard InChI is InChI=1S/C22H29N3O5S2/c1-14(2)17-6-8-18(9-7-17)23-22(31)24-10-12-25(13-11-24)32(27,28)20-16(4)30-15(3)19(20)21(26)29-5/h6-9,14H,10-13H2,1-5H3,(H,23,31). The second kappa shape index (κ2) is 9.60. The third-order valence-corrected chi connectivity index (χ3v) is 7.96. The first kappa shape index (κ1) is 24.2. The molecular formula is C22H29N3O5S2. The zero-order valence-corrected chi connectivity index (χ0v) is 20.6. The summed E-state index contributed by atoms with van der Waals surface area (Å²) in [5.74, 6) is 0.117. The van der Waals surface area contributed by atoms with E-state index in [0.29, 0.717) is 24.1 Å². The molecule has 32 heavy (non-hydrogen) atoms. The highest BCUT2D eigenvalue weighted by Gasteiger charge is 2.37. The number of carbonyl (C=O) groups excluding carboxylic acids is 1. The monoisotopic (exact) mass is 479 g/mol. The van der Waals surface area contributed by atoms with E-state index in [1.807, 2.05) is 17.0 Å². The van der Waals surface area contributed by atoms with E-state index >= 15 is 0 Å². The first-order valence-corrected chi connectivity index (χ1v) is 12.3. The topological polar surface area (TPSA) is 92.1 Å². The van der Waals surface area contributed by atoms with Crippen molar-refractivity contribution in [2.45, 2.75) is 38.5 Å². The number of piperazine rings is 1. The lowest BCUT2D eigenvalue weighted by molar-refractivity contribution is 0.0594. The molecule has 0 radical (unpaired) electrons. The molecule has 0 atom stereocenters. The summed E-state index contributed by atoms with van der Waals surface area (Å²) in [5.41, 5.74) is 2.09. The van der Waals surface area contributed by atoms with Crippen LogP contribution in [0, 0.1) is 13.8 Å². The van der Waals surface area contributed by atoms with E-state index in [9.17, 15) is 13.2 Å². The van der Waals surface area contributed by atoms with Crippen LogP contribution in [0.25, 0.3) is 0 Å². The number of methoxy groups -OCH3 is 1. The molecule has 174 valence electrons. The summed E-state index contributed by atoms with van der Waals surface area (Å²) >= 11 is 5.53. The molecule has 1 aromatic heterocycles. The van der Waals surface area contributed by atoms with Crippen LogP contribution in [0.1, 0.15) is 47.2 Å². The molecule has 1 saturated heterocycles. The lowest BCUT2D eigenvalue weighted by atomic mass is 10.0. The van der Waals surface area contributed by atoms with Crippen LogP contribution < -0.4 is 5.32 Å². The Morgan fingerprint density at radius 3 is 2.22 bits per heavy atom. The molecule has 0 amide bonds. The van der Waals surface area contributed by atoms with Crippen molar-refractivity contribution in [1.29, 1.82) is 0 Å². The van der Waals surface area contributed by atoms with Crippen LogP contribution in [0.15, 0.2) is 33.6 Å². The van der Waals surface area contributed by atoms with E-state index in [-0.39, 0.29) is 35.1 Å². The van der Waals surface area contributed by atoms with Crippen LogP contribution in [-0.4, -0.2) is 62.0 Å². The van der Waals surface area contributed by atoms with E-state index in [0.717, 1.165) is 5.69 Å². The minimum atomic E-state index is -3.93. The normalized spacial score (nSPS) is 15.1. The van der Waals surface area contributed by atoms with E-state index < -0.39 is 16.0 Å². The van der Waals surface area contributed by atoms with Crippen LogP contribution in [0.3, 0.4) is 0 Å². The van der Waals surface area contributed by atoms with Crippen LogP contribution in [0.5, 0.6) is 0 Å². The van der Waals surface area contributed by atoms with E-state index in [4.69, 9.17) is 21.4 Å². The summed E-state index contributed by atoms with van der Waals surface area (Å²) < 4.78 is 38.2. The fourth-order valence-corrected chi connectivity index (χ4v) is 5.82. The average Bonchev–Trinajstić information content (AvgIpc) is 3.08. The molecule has 1 fully saturated rings. The Hall–Kier alpha value is -2.43. The minimum Gasteiger partial charge on any atom is -0.465 e. The van der Waals surface area contributed by atoms with Crippen molar-refractivity contribution < 1.29 is 22.4 Å². The molecule has 3 rings (SSSR count). The number of anilines is 1. The summed E-state index contributed by atoms with van der Waals surface area (Å²) in [5, 5.41) is 3.77. The number of thiocarbonyl (C=S) groups is 1. The molecule has 0 aliphatic carbocycles. The molecule has 0 bridgehead atoms. The Kier molecular flexibility index (Phi) is 7.26. The SMILES string of the molecule is COC(=O)c1c(C)oc(C)c1S(=O)(=O)N1CCN(C(=S)Nc2ccc(C(C)C)cc2)CC1. The van der Waals surface area contributed by atoms with Gasteiger partial charge in [-0.05, 0) is 49.7 Å². The smallest absolute Gasteiger partial charge is 0.342 e. The molecule has 2 heterocycles. The van der Waals surface area contributed by atoms with Gasteiger partial charge >= 0.3 is 5.97 Å². The number of sulfonamides is 1. The molecule has 2 aromatic rings. The van der Waals surface area contributed by atoms with Gasteiger partial charge in [0.2, 0.25) is 10.0 Å². The molecule has 10 heteroatoms. The molecule has 1 aliphatic heterocycles. The molecule has 0 saturated carbocycles. The lowest BCUT2D eigenvalue weighted by Crippen LogP contribution is -2.51. The minimum absolute atomic E-state index is 0.0468. The molecule has 8 nitrogen and oxygen atoms in total. The van der Waals surface area contributed by atoms with Gasteiger partial charge in [-0.15, -0.1) is 0 Å². The fourth-order valence-electron chi connectivity index (χ4n) is 3.73. The Morgan fingerprint density at radius 2 is 1.69 bits per heavy atom. The zero-order valence-electron chi connectivity index (χ0n) is 19.0. The number of rotatable bonds is 5. The molecule has 1 aromatic carbocycles. The summed E-state index contributed by atoms with van der Waals surface area (Å²) in [7, 11) is -2.72. The first-order chi connectivity index (χ1) is 15.1. The number of aryl methyl sites for hydroxylation is 2. The van der Waals surface area contributed by atoms with E-state index in [2.05, 4.69) is 31.3 Å². The van der Waals surface area contributed by atoms with E-state index in [1.165, 1.54) is 23.9 Å². The maximum absolute atomic E-state index is 13.3. The van der Waals surface area contributed by atoms with Crippen molar-refractivity contribution in [2.75, 3.05) is 38.6 Å². The van der Waals surface area contributed by atoms with Gasteiger partial charge in [-0.2, -0.15) is 4.31 Å². The van der Waals surface area contributed by atoms with Crippen molar-refractivity contribution in [3.05, 3.63) is 46.9 Å². The molecule has 1 N–H and O–H groups in total. The van der Waals surface area contributed by atoms with Gasteiger partial charge in [0.05, 0.1) is 7.11 Å². The van der Waals surface area contributed by atoms with Crippen LogP contribution >= 0.6 is 12.2 Å². The Morgan fingerprint density at radius 1 is 1.09 bits per heavy atom. The second-order valence-electron chi connectivity index (χ2n) is 8.01. The second-order valence-corrected chi connectivity index (χ2v) is 10.3. The van der Waals surface area contributed by atoms with Crippen molar-refractivity contribution in [1.82, 2.24) is 9.21 Å². The largest absolute Gasteiger partial charge is 0.465 e. The molecular weight excluding hydrogens is 450 g/mol. The summed E-state index contributed by atoms with van der Waals surface area (Å²) in [6.07, 6.45) is 0. The lowest BCUT2D eigenvalue weighted by Gasteiger charge is -2.35. The summed E-state index contributed by atoms with van der Waals surface area (Å²) in [6.45, 7) is 8.70. The molecule has 1 aliphatic rings. The van der Waals surface area contributed by atoms with Gasteiger partial charge in [-0.1, -0.05) is 26.0 Å². The van der Waals surface area contributed by atoms with Crippen LogP contribution in [-0.2, 0) is 14.8 Å². The number of hydrogen-bond acceptors (Lipinski definition) is 6. The van der Waals surface area contributed by atoms with Crippen LogP contribution in [0.4, 0.5) is 5.69 Å². The van der Waals surface area contributed by atoms with Crippen LogP contribution in [0.2, 0.25) is 0 Å². The van der Waals surface area contributed by atoms with Crippen molar-refractivity contribution in [3.63, 3.8) is 0 Å². The number of nitrogens with one attached hydrogen (secondary N) is 1. The van der Waals surface area contributed by atoms with Crippen molar-refractivity contribution in [3.8, 4) is 0 Å². The van der Waals surface area contributed by atoms with Gasteiger partial charge in [0, 0.05) is 31.9 Å². The molecule has 0 unspecified atom stereocenters. The Balaban J connectivity index is 1.69. The number of esters is 1. The number of furan rings is 1. The number of benzene rings is 1. The van der Waals surface area contributed by atoms with Gasteiger partial charge in [0.25, 0.3) is 0 Å². The number of nitrogens with zero attached hydrogens (tertiary/aromatic N) is 2. The predicted octanol–water partition coefficient (Wildman–Crippen LogP) is 3.51. The summed E-state index contributed by atoms with van der Waals surface area (Å²) in [6, 6.07) is 8.10. The Bertz CT molecular complexity index is 1100. The number of ether oxygens (including phenoxy) is 1. The highest BCUT2D eigenvalue weighted by molar-refractivity contribution is 7.89. The predicted molar refractivity (Wildman–Crippen MR) is 127 cm³/mol. The highest BCUT2D eigenvalue weighted by Crippen LogP contribution is 2.30. The fraction of sp³-hybridized carbons (Fsp3) is 0.455. The maximum atomic E-state index is 13.3. The van der Waals surface area contributed by atoms with Gasteiger partial charge in [-0.25, -0.2) is 13.2 Å². The third-order valence-electron chi connectivity index (χ3n) is 5.55. The average molecular weight is 480 g/mol. The number of hydrogen-bond donors (Lipinski definition) is 1. The highest BCUT2D eigenvalue weighted by atomic mass is 32.2. The van der Waals surface area contributed by atoms with Gasteiger partial charge < -0.3 is 19.4 Å². The maximum Gasteiger partial charge on any atom is 0.342 e. The third kappa shape index (κ3) is 4.82. The van der Waals surface area contributed by atoms with Gasteiger partial charge in [0.15, 0.2) is 5.11 Å².